The fourth-order valence-electron chi connectivity index (χ4n) is 6.10. The Morgan fingerprint density at radius 2 is 1.67 bits per heavy atom. The first kappa shape index (κ1) is 27.0. The summed E-state index contributed by atoms with van der Waals surface area (Å²) < 4.78 is 40.0. The third-order valence-electron chi connectivity index (χ3n) is 8.26. The van der Waals surface area contributed by atoms with E-state index in [2.05, 4.69) is 34.7 Å². The molecule has 3 aromatic rings. The number of piperidine rings is 1. The number of amides is 2. The van der Waals surface area contributed by atoms with E-state index >= 15 is 0 Å². The normalized spacial score (nSPS) is 21.5. The number of primary amides is 1. The fourth-order valence-corrected chi connectivity index (χ4v) is 6.10. The van der Waals surface area contributed by atoms with Gasteiger partial charge in [0.25, 0.3) is 0 Å². The molecule has 2 heterocycles. The zero-order valence-electron chi connectivity index (χ0n) is 21.6. The molecule has 6 nitrogen and oxygen atoms in total. The summed E-state index contributed by atoms with van der Waals surface area (Å²) in [7, 11) is 0. The van der Waals surface area contributed by atoms with E-state index in [4.69, 9.17) is 5.73 Å². The van der Waals surface area contributed by atoms with Crippen molar-refractivity contribution in [1.82, 2.24) is 15.2 Å². The first-order chi connectivity index (χ1) is 18.8. The molecule has 2 aliphatic rings. The molecule has 1 aliphatic carbocycles. The van der Waals surface area contributed by atoms with Crippen molar-refractivity contribution in [1.29, 1.82) is 0 Å². The molecule has 2 aromatic carbocycles. The van der Waals surface area contributed by atoms with Crippen LogP contribution in [0.5, 0.6) is 0 Å². The van der Waals surface area contributed by atoms with E-state index in [1.54, 1.807) is 4.90 Å². The number of halogens is 3. The van der Waals surface area contributed by atoms with Crippen LogP contribution in [-0.2, 0) is 9.59 Å². The van der Waals surface area contributed by atoms with Crippen LogP contribution in [0.1, 0.15) is 55.6 Å². The minimum atomic E-state index is -1.54. The molecule has 0 unspecified atom stereocenters. The third kappa shape index (κ3) is 6.03. The molecule has 206 valence electrons. The van der Waals surface area contributed by atoms with Gasteiger partial charge in [0, 0.05) is 42.3 Å². The molecule has 0 bridgehead atoms. The molecular weight excluding hydrogens is 505 g/mol. The molecule has 1 aliphatic heterocycles. The van der Waals surface area contributed by atoms with Crippen LogP contribution in [0.15, 0.2) is 48.7 Å². The van der Waals surface area contributed by atoms with Gasteiger partial charge in [-0.05, 0) is 85.8 Å². The Balaban J connectivity index is 1.13. The number of hydrogen-bond acceptors (Lipinski definition) is 3. The first-order valence-corrected chi connectivity index (χ1v) is 13.5. The van der Waals surface area contributed by atoms with E-state index in [0.717, 1.165) is 43.3 Å². The Labute approximate surface area is 225 Å². The van der Waals surface area contributed by atoms with Gasteiger partial charge in [-0.15, -0.1) is 0 Å². The number of rotatable bonds is 7. The van der Waals surface area contributed by atoms with Crippen LogP contribution in [0.25, 0.3) is 17.0 Å². The number of aromatic nitrogens is 1. The van der Waals surface area contributed by atoms with Gasteiger partial charge in [-0.2, -0.15) is 0 Å². The van der Waals surface area contributed by atoms with Crippen molar-refractivity contribution < 1.29 is 22.8 Å². The molecular formula is C30H33F3N4O2. The second-order valence-electron chi connectivity index (χ2n) is 10.7. The molecule has 39 heavy (non-hydrogen) atoms. The number of nitrogens with two attached hydrogens (primary N) is 1. The Kier molecular flexibility index (Phi) is 8.07. The summed E-state index contributed by atoms with van der Waals surface area (Å²) in [4.78, 5) is 30.0. The molecule has 9 heteroatoms. The van der Waals surface area contributed by atoms with Crippen LogP contribution >= 0.6 is 0 Å². The Bertz CT molecular complexity index is 1350. The van der Waals surface area contributed by atoms with E-state index in [9.17, 15) is 22.8 Å². The van der Waals surface area contributed by atoms with Gasteiger partial charge in [-0.3, -0.25) is 9.59 Å². The van der Waals surface area contributed by atoms with Crippen LogP contribution in [0.3, 0.4) is 0 Å². The Morgan fingerprint density at radius 1 is 1.00 bits per heavy atom. The van der Waals surface area contributed by atoms with Crippen molar-refractivity contribution in [2.75, 3.05) is 13.1 Å². The maximum Gasteiger partial charge on any atom is 0.246 e. The summed E-state index contributed by atoms with van der Waals surface area (Å²) in [5.74, 6) is -4.34. The maximum atomic E-state index is 13.4. The van der Waals surface area contributed by atoms with Crippen LogP contribution in [0.4, 0.5) is 13.2 Å². The number of carbonyl (C=O) groups is 2. The van der Waals surface area contributed by atoms with E-state index < -0.39 is 23.5 Å². The average molecular weight is 539 g/mol. The number of nitrogens with one attached hydrogen (secondary N) is 2. The van der Waals surface area contributed by atoms with Gasteiger partial charge < -0.3 is 20.9 Å². The topological polar surface area (TPSA) is 91.2 Å². The monoisotopic (exact) mass is 538 g/mol. The van der Waals surface area contributed by atoms with E-state index in [0.29, 0.717) is 31.8 Å². The first-order valence-electron chi connectivity index (χ1n) is 13.5. The number of aromatic amines is 1. The van der Waals surface area contributed by atoms with Gasteiger partial charge in [-0.1, -0.05) is 18.2 Å². The summed E-state index contributed by atoms with van der Waals surface area (Å²) in [5.41, 5.74) is 8.38. The average Bonchev–Trinajstić information content (AvgIpc) is 3.38. The lowest BCUT2D eigenvalue weighted by Gasteiger charge is -2.38. The highest BCUT2D eigenvalue weighted by Crippen LogP contribution is 2.37. The van der Waals surface area contributed by atoms with Crippen LogP contribution in [-0.4, -0.2) is 46.9 Å². The zero-order chi connectivity index (χ0) is 27.5. The van der Waals surface area contributed by atoms with E-state index in [1.165, 1.54) is 23.1 Å². The summed E-state index contributed by atoms with van der Waals surface area (Å²) in [6.45, 7) is 0.886. The van der Waals surface area contributed by atoms with Gasteiger partial charge in [0.1, 0.15) is 0 Å². The second kappa shape index (κ2) is 11.7. The predicted octanol–water partition coefficient (Wildman–Crippen LogP) is 5.01. The fraction of sp³-hybridized carbons (Fsp3) is 0.400. The molecule has 0 radical (unpaired) electrons. The summed E-state index contributed by atoms with van der Waals surface area (Å²) in [6.07, 6.45) is 9.83. The molecule has 0 spiro atoms. The lowest BCUT2D eigenvalue weighted by molar-refractivity contribution is -0.128. The van der Waals surface area contributed by atoms with Crippen molar-refractivity contribution >= 4 is 28.8 Å². The van der Waals surface area contributed by atoms with E-state index in [1.807, 2.05) is 6.07 Å². The molecule has 1 saturated heterocycles. The number of hydrogen-bond donors (Lipinski definition) is 3. The largest absolute Gasteiger partial charge is 0.368 e. The number of carbonyl (C=O) groups excluding carboxylic acids is 2. The third-order valence-corrected chi connectivity index (χ3v) is 8.26. The standard InChI is InChI=1S/C30H33F3N4O2/c31-24-15-18(16-25(32)28(24)33)5-10-27(38)37-13-11-20(12-14-37)29(30(34)39)36-21-8-6-19(7-9-21)23-17-35-26-4-2-1-3-22(23)26/h1-5,10,15-17,19-21,29,35-36H,6-9,11-14H2,(H2,34,39)/b10-5+/t19?,21?,29-/m1/s1. The molecule has 1 saturated carbocycles. The van der Waals surface area contributed by atoms with Gasteiger partial charge in [0.2, 0.25) is 11.8 Å². The SMILES string of the molecule is NC(=O)[C@H](NC1CCC(c2c[nH]c3ccccc23)CC1)C1CCN(C(=O)/C=C/c2cc(F)c(F)c(F)c2)CC1. The highest BCUT2D eigenvalue weighted by Gasteiger charge is 2.34. The summed E-state index contributed by atoms with van der Waals surface area (Å²) >= 11 is 0. The van der Waals surface area contributed by atoms with E-state index in [-0.39, 0.29) is 29.3 Å². The number of benzene rings is 2. The number of likely N-dealkylation sites (tertiary alicyclic amines) is 1. The van der Waals surface area contributed by atoms with Crippen LogP contribution < -0.4 is 11.1 Å². The minimum absolute atomic E-state index is 0.0159. The highest BCUT2D eigenvalue weighted by molar-refractivity contribution is 5.92. The highest BCUT2D eigenvalue weighted by atomic mass is 19.2. The molecule has 1 atom stereocenters. The number of nitrogens with zero attached hydrogens (tertiary/aromatic N) is 1. The van der Waals surface area contributed by atoms with Crippen molar-refractivity contribution in [3.63, 3.8) is 0 Å². The van der Waals surface area contributed by atoms with Gasteiger partial charge in [-0.25, -0.2) is 13.2 Å². The molecule has 4 N–H and O–H groups in total. The lowest BCUT2D eigenvalue weighted by Crippen LogP contribution is -2.54. The van der Waals surface area contributed by atoms with Crippen molar-refractivity contribution in [2.24, 2.45) is 11.7 Å². The lowest BCUT2D eigenvalue weighted by atomic mass is 9.80. The summed E-state index contributed by atoms with van der Waals surface area (Å²) in [5, 5.41) is 4.81. The molecule has 1 aromatic heterocycles. The van der Waals surface area contributed by atoms with Crippen molar-refractivity contribution in [3.05, 3.63) is 77.2 Å². The maximum absolute atomic E-state index is 13.4. The van der Waals surface area contributed by atoms with Crippen molar-refractivity contribution in [2.45, 2.75) is 56.5 Å². The molecule has 2 fully saturated rings. The summed E-state index contributed by atoms with van der Waals surface area (Å²) in [6, 6.07) is 9.77. The second-order valence-corrected chi connectivity index (χ2v) is 10.7. The quantitative estimate of drug-likeness (QED) is 0.292. The van der Waals surface area contributed by atoms with Crippen LogP contribution in [0, 0.1) is 23.4 Å². The zero-order valence-corrected chi connectivity index (χ0v) is 21.6. The molecule has 2 amide bonds. The number of para-hydroxylation sites is 1. The Morgan fingerprint density at radius 3 is 2.33 bits per heavy atom. The van der Waals surface area contributed by atoms with Gasteiger partial charge >= 0.3 is 0 Å². The van der Waals surface area contributed by atoms with Gasteiger partial charge in [0.05, 0.1) is 6.04 Å². The predicted molar refractivity (Wildman–Crippen MR) is 144 cm³/mol. The number of fused-ring (bicyclic) bond motifs is 1. The van der Waals surface area contributed by atoms with Crippen molar-refractivity contribution in [3.8, 4) is 0 Å². The molecule has 5 rings (SSSR count). The van der Waals surface area contributed by atoms with Gasteiger partial charge in [0.15, 0.2) is 17.5 Å². The smallest absolute Gasteiger partial charge is 0.246 e. The minimum Gasteiger partial charge on any atom is -0.368 e. The Hall–Kier alpha value is -3.59. The van der Waals surface area contributed by atoms with Crippen LogP contribution in [0.2, 0.25) is 0 Å². The number of H-pyrrole nitrogens is 1.